The number of carbonyl (C=O) groups excluding carboxylic acids is 1. The van der Waals surface area contributed by atoms with Crippen molar-refractivity contribution in [3.05, 3.63) is 53.6 Å². The molecule has 0 unspecified atom stereocenters. The lowest BCUT2D eigenvalue weighted by atomic mass is 9.97. The van der Waals surface area contributed by atoms with Crippen LogP contribution in [0.2, 0.25) is 0 Å². The van der Waals surface area contributed by atoms with Crippen molar-refractivity contribution in [1.29, 1.82) is 0 Å². The molecular weight excluding hydrogens is 272 g/mol. The molecular formula is C19H20N2O. The van der Waals surface area contributed by atoms with E-state index < -0.39 is 0 Å². The monoisotopic (exact) mass is 292 g/mol. The van der Waals surface area contributed by atoms with Gasteiger partial charge in [-0.1, -0.05) is 37.3 Å². The molecule has 2 aromatic rings. The minimum atomic E-state index is 0.0745. The highest BCUT2D eigenvalue weighted by atomic mass is 16.1. The standard InChI is InChI=1S/C19H20N2O/c1-12-10-20-11-18(12)19(22)21-15-6-7-17-14(9-15)8-13-4-2-3-5-16(13)17/h2-7,9,12,18,20H,8,10-11H2,1H3,(H,21,22)/t12-,18-/m1/s1. The first-order valence-corrected chi connectivity index (χ1v) is 7.95. The number of anilines is 1. The van der Waals surface area contributed by atoms with E-state index in [1.54, 1.807) is 0 Å². The quantitative estimate of drug-likeness (QED) is 0.762. The van der Waals surface area contributed by atoms with Crippen molar-refractivity contribution in [2.24, 2.45) is 11.8 Å². The van der Waals surface area contributed by atoms with Gasteiger partial charge in [0.1, 0.15) is 0 Å². The van der Waals surface area contributed by atoms with Crippen LogP contribution in [0.5, 0.6) is 0 Å². The van der Waals surface area contributed by atoms with Gasteiger partial charge in [-0.05, 0) is 53.3 Å². The summed E-state index contributed by atoms with van der Waals surface area (Å²) in [5, 5.41) is 6.37. The summed E-state index contributed by atoms with van der Waals surface area (Å²) in [7, 11) is 0. The van der Waals surface area contributed by atoms with Crippen LogP contribution in [0.1, 0.15) is 18.1 Å². The van der Waals surface area contributed by atoms with E-state index in [1.807, 2.05) is 6.07 Å². The zero-order chi connectivity index (χ0) is 15.1. The Morgan fingerprint density at radius 2 is 1.91 bits per heavy atom. The Kier molecular flexibility index (Phi) is 3.23. The number of rotatable bonds is 2. The molecule has 2 N–H and O–H groups in total. The lowest BCUT2D eigenvalue weighted by Gasteiger charge is -2.15. The van der Waals surface area contributed by atoms with Gasteiger partial charge in [0.2, 0.25) is 5.91 Å². The Labute approximate surface area is 130 Å². The Morgan fingerprint density at radius 1 is 1.09 bits per heavy atom. The third kappa shape index (κ3) is 2.22. The normalized spacial score (nSPS) is 22.2. The summed E-state index contributed by atoms with van der Waals surface area (Å²) in [6.45, 7) is 3.84. The molecule has 1 heterocycles. The zero-order valence-corrected chi connectivity index (χ0v) is 12.7. The van der Waals surface area contributed by atoms with Crippen LogP contribution in [0.25, 0.3) is 11.1 Å². The van der Waals surface area contributed by atoms with Gasteiger partial charge < -0.3 is 10.6 Å². The van der Waals surface area contributed by atoms with Gasteiger partial charge in [-0.25, -0.2) is 0 Å². The van der Waals surface area contributed by atoms with Crippen LogP contribution < -0.4 is 10.6 Å². The van der Waals surface area contributed by atoms with Crippen LogP contribution in [0.4, 0.5) is 5.69 Å². The lowest BCUT2D eigenvalue weighted by molar-refractivity contribution is -0.120. The second-order valence-electron chi connectivity index (χ2n) is 6.44. The summed E-state index contributed by atoms with van der Waals surface area (Å²) in [6.07, 6.45) is 0.955. The number of hydrogen-bond acceptors (Lipinski definition) is 2. The topological polar surface area (TPSA) is 41.1 Å². The molecule has 4 rings (SSSR count). The Hall–Kier alpha value is -2.13. The number of fused-ring (bicyclic) bond motifs is 3. The summed E-state index contributed by atoms with van der Waals surface area (Å²) in [5.41, 5.74) is 6.20. The molecule has 2 atom stereocenters. The van der Waals surface area contributed by atoms with Crippen LogP contribution in [-0.2, 0) is 11.2 Å². The summed E-state index contributed by atoms with van der Waals surface area (Å²) in [5.74, 6) is 0.608. The molecule has 22 heavy (non-hydrogen) atoms. The Bertz CT molecular complexity index is 738. The molecule has 3 nitrogen and oxygen atoms in total. The largest absolute Gasteiger partial charge is 0.326 e. The van der Waals surface area contributed by atoms with Gasteiger partial charge in [0.25, 0.3) is 0 Å². The summed E-state index contributed by atoms with van der Waals surface area (Å²) >= 11 is 0. The SMILES string of the molecule is C[C@@H]1CNC[C@H]1C(=O)Nc1ccc2c(c1)Cc1ccccc1-2. The second kappa shape index (κ2) is 5.25. The van der Waals surface area contributed by atoms with E-state index in [2.05, 4.69) is 54.0 Å². The summed E-state index contributed by atoms with van der Waals surface area (Å²) < 4.78 is 0. The van der Waals surface area contributed by atoms with Gasteiger partial charge in [0, 0.05) is 12.2 Å². The molecule has 0 bridgehead atoms. The van der Waals surface area contributed by atoms with E-state index in [1.165, 1.54) is 22.3 Å². The van der Waals surface area contributed by atoms with Crippen molar-refractivity contribution in [2.45, 2.75) is 13.3 Å². The minimum Gasteiger partial charge on any atom is -0.326 e. The van der Waals surface area contributed by atoms with E-state index in [0.717, 1.165) is 25.2 Å². The number of hydrogen-bond donors (Lipinski definition) is 2. The third-order valence-electron chi connectivity index (χ3n) is 4.92. The molecule has 2 aromatic carbocycles. The maximum Gasteiger partial charge on any atom is 0.229 e. The lowest BCUT2D eigenvalue weighted by Crippen LogP contribution is -2.27. The molecule has 3 heteroatoms. The van der Waals surface area contributed by atoms with E-state index >= 15 is 0 Å². The molecule has 1 amide bonds. The van der Waals surface area contributed by atoms with Crippen LogP contribution in [-0.4, -0.2) is 19.0 Å². The molecule has 0 aromatic heterocycles. The molecule has 0 radical (unpaired) electrons. The van der Waals surface area contributed by atoms with E-state index in [0.29, 0.717) is 5.92 Å². The van der Waals surface area contributed by atoms with Crippen molar-refractivity contribution in [3.63, 3.8) is 0 Å². The Balaban J connectivity index is 1.56. The maximum absolute atomic E-state index is 12.4. The second-order valence-corrected chi connectivity index (χ2v) is 6.44. The van der Waals surface area contributed by atoms with Gasteiger partial charge in [0.05, 0.1) is 5.92 Å². The van der Waals surface area contributed by atoms with Crippen LogP contribution in [0.15, 0.2) is 42.5 Å². The number of carbonyl (C=O) groups is 1. The fourth-order valence-corrected chi connectivity index (χ4v) is 3.62. The molecule has 1 aliphatic carbocycles. The number of benzene rings is 2. The van der Waals surface area contributed by atoms with Crippen LogP contribution in [0.3, 0.4) is 0 Å². The number of amides is 1. The fourth-order valence-electron chi connectivity index (χ4n) is 3.62. The molecule has 0 saturated carbocycles. The van der Waals surface area contributed by atoms with Gasteiger partial charge in [-0.3, -0.25) is 4.79 Å². The van der Waals surface area contributed by atoms with E-state index in [9.17, 15) is 4.79 Å². The molecule has 2 aliphatic rings. The van der Waals surface area contributed by atoms with E-state index in [-0.39, 0.29) is 11.8 Å². The van der Waals surface area contributed by atoms with Crippen molar-refractivity contribution >= 4 is 11.6 Å². The molecule has 112 valence electrons. The maximum atomic E-state index is 12.4. The molecule has 0 spiro atoms. The average molecular weight is 292 g/mol. The smallest absolute Gasteiger partial charge is 0.229 e. The molecule has 1 aliphatic heterocycles. The number of nitrogens with one attached hydrogen (secondary N) is 2. The van der Waals surface area contributed by atoms with Crippen molar-refractivity contribution < 1.29 is 4.79 Å². The van der Waals surface area contributed by atoms with Crippen molar-refractivity contribution in [2.75, 3.05) is 18.4 Å². The predicted octanol–water partition coefficient (Wildman–Crippen LogP) is 3.05. The van der Waals surface area contributed by atoms with Crippen LogP contribution in [0, 0.1) is 11.8 Å². The zero-order valence-electron chi connectivity index (χ0n) is 12.7. The first-order valence-electron chi connectivity index (χ1n) is 7.95. The average Bonchev–Trinajstić information content (AvgIpc) is 3.10. The highest BCUT2D eigenvalue weighted by molar-refractivity contribution is 5.94. The van der Waals surface area contributed by atoms with Crippen LogP contribution >= 0.6 is 0 Å². The van der Waals surface area contributed by atoms with Crippen molar-refractivity contribution in [3.8, 4) is 11.1 Å². The van der Waals surface area contributed by atoms with Gasteiger partial charge >= 0.3 is 0 Å². The minimum absolute atomic E-state index is 0.0745. The fraction of sp³-hybridized carbons (Fsp3) is 0.316. The first kappa shape index (κ1) is 13.5. The van der Waals surface area contributed by atoms with E-state index in [4.69, 9.17) is 0 Å². The highest BCUT2D eigenvalue weighted by Crippen LogP contribution is 2.37. The van der Waals surface area contributed by atoms with Gasteiger partial charge in [-0.15, -0.1) is 0 Å². The molecule has 1 fully saturated rings. The first-order chi connectivity index (χ1) is 10.7. The third-order valence-corrected chi connectivity index (χ3v) is 4.92. The Morgan fingerprint density at radius 3 is 2.73 bits per heavy atom. The van der Waals surface area contributed by atoms with Gasteiger partial charge in [0.15, 0.2) is 0 Å². The highest BCUT2D eigenvalue weighted by Gasteiger charge is 2.29. The predicted molar refractivity (Wildman–Crippen MR) is 88.8 cm³/mol. The summed E-state index contributed by atoms with van der Waals surface area (Å²) in [4.78, 5) is 12.4. The van der Waals surface area contributed by atoms with Gasteiger partial charge in [-0.2, -0.15) is 0 Å². The van der Waals surface area contributed by atoms with Crippen molar-refractivity contribution in [1.82, 2.24) is 5.32 Å². The molecule has 1 saturated heterocycles. The summed E-state index contributed by atoms with van der Waals surface area (Å²) in [6, 6.07) is 14.8.